The number of aliphatic hydroxyl groups is 1. The Morgan fingerprint density at radius 2 is 1.77 bits per heavy atom. The van der Waals surface area contributed by atoms with Gasteiger partial charge in [0, 0.05) is 37.8 Å². The lowest BCUT2D eigenvalue weighted by atomic mass is 9.69. The second-order valence-corrected chi connectivity index (χ2v) is 12.2. The Hall–Kier alpha value is -5.15. The molecule has 0 unspecified atom stereocenters. The number of hydrogen-bond acceptors (Lipinski definition) is 8. The summed E-state index contributed by atoms with van der Waals surface area (Å²) < 4.78 is 36.1. The number of alkyl halides is 1. The van der Waals surface area contributed by atoms with Gasteiger partial charge in [-0.25, -0.2) is 23.7 Å². The first-order valence-corrected chi connectivity index (χ1v) is 15.4. The Morgan fingerprint density at radius 3 is 2.47 bits per heavy atom. The number of nitrogens with two attached hydrogens (primary N) is 1. The van der Waals surface area contributed by atoms with Crippen LogP contribution in [0.1, 0.15) is 49.1 Å². The van der Waals surface area contributed by atoms with Crippen LogP contribution in [0.5, 0.6) is 11.6 Å². The van der Waals surface area contributed by atoms with E-state index in [1.807, 2.05) is 30.3 Å². The number of amides is 1. The number of halogens is 2. The van der Waals surface area contributed by atoms with Gasteiger partial charge >= 0.3 is 0 Å². The zero-order valence-corrected chi connectivity index (χ0v) is 25.6. The normalized spacial score (nSPS) is 22.1. The highest BCUT2D eigenvalue weighted by Crippen LogP contribution is 2.45. The second kappa shape index (κ2) is 13.3. The maximum atomic E-state index is 16.2. The molecule has 6 rings (SSSR count). The van der Waals surface area contributed by atoms with Crippen molar-refractivity contribution in [2.24, 2.45) is 5.92 Å². The fraction of sp³-hybridized carbons (Fsp3) is 0.343. The van der Waals surface area contributed by atoms with Gasteiger partial charge in [0.15, 0.2) is 11.4 Å². The van der Waals surface area contributed by atoms with Crippen LogP contribution in [-0.4, -0.2) is 59.8 Å². The lowest BCUT2D eigenvalue weighted by molar-refractivity contribution is -0.142. The van der Waals surface area contributed by atoms with E-state index >= 15 is 4.39 Å². The highest BCUT2D eigenvalue weighted by atomic mass is 19.1. The number of hydrogen-bond donors (Lipinski definition) is 2. The van der Waals surface area contributed by atoms with Crippen molar-refractivity contribution >= 4 is 11.6 Å². The van der Waals surface area contributed by atoms with E-state index in [4.69, 9.17) is 10.5 Å². The van der Waals surface area contributed by atoms with Crippen molar-refractivity contribution in [3.63, 3.8) is 0 Å². The average Bonchev–Trinajstić information content (AvgIpc) is 3.09. The highest BCUT2D eigenvalue weighted by Gasteiger charge is 2.46. The van der Waals surface area contributed by atoms with Gasteiger partial charge in [0.05, 0.1) is 17.7 Å². The van der Waals surface area contributed by atoms with E-state index < -0.39 is 28.6 Å². The molecule has 3 atom stereocenters. The van der Waals surface area contributed by atoms with Crippen LogP contribution in [0.2, 0.25) is 0 Å². The Labute approximate surface area is 270 Å². The highest BCUT2D eigenvalue weighted by molar-refractivity contribution is 5.80. The molecule has 10 nitrogen and oxygen atoms in total. The molecule has 0 spiro atoms. The SMILES string of the molecule is Nc1c(Oc2ccc(F)cc2)ncn(CC2(O)CCN(C(=O)[C@@H]3CC[C@@](F)(C#Cc4cncnc4)C[C@H]3c3ccccc3)CC2)c1=O. The number of likely N-dealkylation sites (tertiary alicyclic amines) is 1. The predicted molar refractivity (Wildman–Crippen MR) is 169 cm³/mol. The lowest BCUT2D eigenvalue weighted by Crippen LogP contribution is -2.52. The maximum absolute atomic E-state index is 16.2. The van der Waals surface area contributed by atoms with Crippen molar-refractivity contribution in [3.05, 3.63) is 107 Å². The minimum absolute atomic E-state index is 0.0735. The molecule has 242 valence electrons. The van der Waals surface area contributed by atoms with Crippen LogP contribution in [0.3, 0.4) is 0 Å². The molecule has 2 aromatic carbocycles. The minimum atomic E-state index is -1.78. The Balaban J connectivity index is 1.12. The first-order valence-electron chi connectivity index (χ1n) is 15.4. The summed E-state index contributed by atoms with van der Waals surface area (Å²) in [5, 5.41) is 11.4. The molecule has 3 heterocycles. The monoisotopic (exact) mass is 640 g/mol. The lowest BCUT2D eigenvalue weighted by Gasteiger charge is -2.43. The van der Waals surface area contributed by atoms with Gasteiger partial charge in [-0.3, -0.25) is 14.2 Å². The largest absolute Gasteiger partial charge is 0.437 e. The van der Waals surface area contributed by atoms with E-state index in [1.54, 1.807) is 4.90 Å². The number of piperidine rings is 1. The second-order valence-electron chi connectivity index (χ2n) is 12.2. The van der Waals surface area contributed by atoms with Crippen LogP contribution in [-0.2, 0) is 11.3 Å². The van der Waals surface area contributed by atoms with Gasteiger partial charge in [-0.05, 0) is 61.4 Å². The number of carbonyl (C=O) groups is 1. The number of benzene rings is 2. The molecule has 2 aliphatic rings. The van der Waals surface area contributed by atoms with Gasteiger partial charge in [0.1, 0.15) is 24.2 Å². The van der Waals surface area contributed by atoms with Crippen LogP contribution in [0.4, 0.5) is 14.5 Å². The molecule has 1 aliphatic carbocycles. The summed E-state index contributed by atoms with van der Waals surface area (Å²) in [5.74, 6) is 4.44. The summed E-state index contributed by atoms with van der Waals surface area (Å²) in [6.45, 7) is 0.462. The Kier molecular flexibility index (Phi) is 9.00. The van der Waals surface area contributed by atoms with Crippen LogP contribution >= 0.6 is 0 Å². The number of aromatic nitrogens is 4. The smallest absolute Gasteiger partial charge is 0.280 e. The van der Waals surface area contributed by atoms with Gasteiger partial charge in [-0.1, -0.05) is 42.2 Å². The van der Waals surface area contributed by atoms with Gasteiger partial charge in [-0.15, -0.1) is 0 Å². The molecule has 1 saturated heterocycles. The minimum Gasteiger partial charge on any atom is -0.437 e. The van der Waals surface area contributed by atoms with E-state index in [-0.39, 0.29) is 74.5 Å². The zero-order chi connectivity index (χ0) is 33.0. The van der Waals surface area contributed by atoms with Crippen molar-refractivity contribution in [1.82, 2.24) is 24.4 Å². The first-order chi connectivity index (χ1) is 22.6. The Bertz CT molecular complexity index is 1840. The van der Waals surface area contributed by atoms with E-state index in [2.05, 4.69) is 26.8 Å². The molecule has 2 aromatic heterocycles. The zero-order valence-electron chi connectivity index (χ0n) is 25.6. The molecule has 0 radical (unpaired) electrons. The molecule has 0 bridgehead atoms. The molecule has 2 fully saturated rings. The molecule has 12 heteroatoms. The van der Waals surface area contributed by atoms with Crippen LogP contribution in [0.15, 0.2) is 84.4 Å². The van der Waals surface area contributed by atoms with Crippen molar-refractivity contribution in [3.8, 4) is 23.5 Å². The molecule has 4 aromatic rings. The number of nitrogens with zero attached hydrogens (tertiary/aromatic N) is 5. The third-order valence-corrected chi connectivity index (χ3v) is 8.95. The summed E-state index contributed by atoms with van der Waals surface area (Å²) >= 11 is 0. The van der Waals surface area contributed by atoms with Gasteiger partial charge < -0.3 is 20.5 Å². The number of anilines is 1. The van der Waals surface area contributed by atoms with E-state index in [9.17, 15) is 19.1 Å². The van der Waals surface area contributed by atoms with Gasteiger partial charge in [0.2, 0.25) is 11.8 Å². The van der Waals surface area contributed by atoms with Crippen LogP contribution in [0.25, 0.3) is 0 Å². The predicted octanol–water partition coefficient (Wildman–Crippen LogP) is 4.24. The third kappa shape index (κ3) is 7.31. The Morgan fingerprint density at radius 1 is 1.06 bits per heavy atom. The molecule has 3 N–H and O–H groups in total. The van der Waals surface area contributed by atoms with Crippen LogP contribution in [0, 0.1) is 23.6 Å². The molecular weight excluding hydrogens is 606 g/mol. The summed E-state index contributed by atoms with van der Waals surface area (Å²) in [6.07, 6.45) is 6.65. The summed E-state index contributed by atoms with van der Waals surface area (Å²) in [7, 11) is 0. The van der Waals surface area contributed by atoms with Crippen molar-refractivity contribution < 1.29 is 23.4 Å². The average molecular weight is 641 g/mol. The van der Waals surface area contributed by atoms with Gasteiger partial charge in [-0.2, -0.15) is 0 Å². The molecule has 47 heavy (non-hydrogen) atoms. The summed E-state index contributed by atoms with van der Waals surface area (Å²) in [6, 6.07) is 14.7. The standard InChI is InChI=1S/C35H34F2N6O4/c36-26-6-8-27(9-7-26)47-31-30(38)33(45)43(23-41-31)21-35(46)14-16-42(17-15-35)32(44)28-11-13-34(37,12-10-24-19-39-22-40-20-24)18-29(28)25-4-2-1-3-5-25/h1-9,19-20,22-23,28-29,46H,11,13-18,21,38H2/t28-,29+,34+/m1/s1. The molecular formula is C35H34F2N6O4. The number of ether oxygens (including phenoxy) is 1. The van der Waals surface area contributed by atoms with E-state index in [1.165, 1.54) is 53.9 Å². The van der Waals surface area contributed by atoms with Crippen molar-refractivity contribution in [1.29, 1.82) is 0 Å². The third-order valence-electron chi connectivity index (χ3n) is 8.95. The fourth-order valence-electron chi connectivity index (χ4n) is 6.34. The molecule has 1 saturated carbocycles. The van der Waals surface area contributed by atoms with E-state index in [0.717, 1.165) is 5.56 Å². The molecule has 1 aliphatic heterocycles. The number of carbonyl (C=O) groups excluding carboxylic acids is 1. The summed E-state index contributed by atoms with van der Waals surface area (Å²) in [4.78, 5) is 40.7. The van der Waals surface area contributed by atoms with Crippen molar-refractivity contribution in [2.45, 2.75) is 55.8 Å². The number of nitrogen functional groups attached to an aromatic ring is 1. The van der Waals surface area contributed by atoms with E-state index in [0.29, 0.717) is 12.0 Å². The maximum Gasteiger partial charge on any atom is 0.280 e. The quantitative estimate of drug-likeness (QED) is 0.299. The van der Waals surface area contributed by atoms with Crippen molar-refractivity contribution in [2.75, 3.05) is 18.8 Å². The van der Waals surface area contributed by atoms with Crippen LogP contribution < -0.4 is 16.0 Å². The first kappa shape index (κ1) is 31.8. The number of rotatable bonds is 6. The van der Waals surface area contributed by atoms with Gasteiger partial charge in [0.25, 0.3) is 5.56 Å². The topological polar surface area (TPSA) is 136 Å². The molecule has 1 amide bonds. The fourth-order valence-corrected chi connectivity index (χ4v) is 6.34. The summed E-state index contributed by atoms with van der Waals surface area (Å²) in [5.41, 5.74) is 3.51.